The van der Waals surface area contributed by atoms with Gasteiger partial charge in [-0.25, -0.2) is 0 Å². The first kappa shape index (κ1) is 9.05. The topological polar surface area (TPSA) is 55.0 Å². The Morgan fingerprint density at radius 2 is 2.54 bits per heavy atom. The molecule has 0 aromatic carbocycles. The van der Waals surface area contributed by atoms with Crippen LogP contribution in [0.25, 0.3) is 0 Å². The van der Waals surface area contributed by atoms with Gasteiger partial charge in [0.1, 0.15) is 0 Å². The summed E-state index contributed by atoms with van der Waals surface area (Å²) in [7, 11) is 0. The van der Waals surface area contributed by atoms with Gasteiger partial charge < -0.3 is 5.73 Å². The fraction of sp³-hybridized carbons (Fsp3) is 0.750. The van der Waals surface area contributed by atoms with Crippen molar-refractivity contribution in [3.8, 4) is 0 Å². The van der Waals surface area contributed by atoms with Crippen molar-refractivity contribution in [3.05, 3.63) is 11.1 Å². The van der Waals surface area contributed by atoms with Crippen molar-refractivity contribution >= 4 is 11.5 Å². The van der Waals surface area contributed by atoms with Gasteiger partial charge >= 0.3 is 0 Å². The Labute approximate surface area is 81.9 Å². The molecule has 1 aromatic rings. The molecule has 0 aliphatic carbocycles. The van der Waals surface area contributed by atoms with Crippen LogP contribution in [0, 0.1) is 5.92 Å². The van der Waals surface area contributed by atoms with Crippen molar-refractivity contribution in [3.63, 3.8) is 0 Å². The fourth-order valence-corrected chi connectivity index (χ4v) is 2.15. The number of likely N-dealkylation sites (tertiary alicyclic amines) is 1. The van der Waals surface area contributed by atoms with Crippen molar-refractivity contribution in [1.82, 2.24) is 14.5 Å². The summed E-state index contributed by atoms with van der Waals surface area (Å²) in [5.41, 5.74) is 6.98. The first-order valence-corrected chi connectivity index (χ1v) is 5.33. The van der Waals surface area contributed by atoms with Crippen LogP contribution in [0.1, 0.15) is 12.6 Å². The van der Waals surface area contributed by atoms with Crippen LogP contribution in [-0.2, 0) is 6.54 Å². The standard InChI is InChI=1S/C8H14N4S/c1-6-2-12(4-8(6)9)3-7-5-13-11-10-7/h5-6,8H,2-4,9H2,1H3. The third kappa shape index (κ3) is 2.04. The molecule has 2 N–H and O–H groups in total. The fourth-order valence-electron chi connectivity index (χ4n) is 1.71. The zero-order chi connectivity index (χ0) is 9.26. The molecule has 0 radical (unpaired) electrons. The summed E-state index contributed by atoms with van der Waals surface area (Å²) >= 11 is 1.41. The Kier molecular flexibility index (Phi) is 2.57. The van der Waals surface area contributed by atoms with Crippen LogP contribution in [0.4, 0.5) is 0 Å². The molecule has 2 atom stereocenters. The third-order valence-electron chi connectivity index (χ3n) is 2.54. The molecule has 1 saturated heterocycles. The van der Waals surface area contributed by atoms with Gasteiger partial charge in [0.2, 0.25) is 0 Å². The molecule has 0 bridgehead atoms. The predicted molar refractivity (Wildman–Crippen MR) is 52.3 cm³/mol. The third-order valence-corrected chi connectivity index (χ3v) is 3.09. The molecule has 4 nitrogen and oxygen atoms in total. The van der Waals surface area contributed by atoms with Crippen molar-refractivity contribution in [2.24, 2.45) is 11.7 Å². The van der Waals surface area contributed by atoms with E-state index in [0.717, 1.165) is 25.3 Å². The molecule has 0 amide bonds. The van der Waals surface area contributed by atoms with Crippen LogP contribution < -0.4 is 5.73 Å². The normalized spacial score (nSPS) is 29.7. The molecule has 1 aliphatic heterocycles. The summed E-state index contributed by atoms with van der Waals surface area (Å²) in [6.07, 6.45) is 0. The Hall–Kier alpha value is -0.520. The van der Waals surface area contributed by atoms with Gasteiger partial charge in [0.15, 0.2) is 0 Å². The second kappa shape index (κ2) is 3.69. The number of hydrogen-bond acceptors (Lipinski definition) is 5. The minimum atomic E-state index is 0.326. The number of hydrogen-bond donors (Lipinski definition) is 1. The molecule has 72 valence electrons. The molecule has 2 heterocycles. The SMILES string of the molecule is CC1CN(Cc2csnn2)CC1N. The largest absolute Gasteiger partial charge is 0.326 e. The molecular formula is C8H14N4S. The highest BCUT2D eigenvalue weighted by atomic mass is 32.1. The molecule has 1 aliphatic rings. The Morgan fingerprint density at radius 3 is 3.08 bits per heavy atom. The summed E-state index contributed by atoms with van der Waals surface area (Å²) in [6, 6.07) is 0.326. The van der Waals surface area contributed by atoms with E-state index in [1.807, 2.05) is 5.38 Å². The van der Waals surface area contributed by atoms with Gasteiger partial charge in [0, 0.05) is 31.1 Å². The van der Waals surface area contributed by atoms with Crippen LogP contribution in [-0.4, -0.2) is 33.6 Å². The number of rotatable bonds is 2. The van der Waals surface area contributed by atoms with Crippen LogP contribution >= 0.6 is 11.5 Å². The highest BCUT2D eigenvalue weighted by molar-refractivity contribution is 7.03. The van der Waals surface area contributed by atoms with Crippen LogP contribution in [0.3, 0.4) is 0 Å². The van der Waals surface area contributed by atoms with Crippen molar-refractivity contribution in [1.29, 1.82) is 0 Å². The average molecular weight is 198 g/mol. The molecule has 5 heteroatoms. The summed E-state index contributed by atoms with van der Waals surface area (Å²) < 4.78 is 3.84. The molecule has 0 spiro atoms. The summed E-state index contributed by atoms with van der Waals surface area (Å²) in [6.45, 7) is 5.16. The van der Waals surface area contributed by atoms with Crippen LogP contribution in [0.2, 0.25) is 0 Å². The lowest BCUT2D eigenvalue weighted by molar-refractivity contribution is 0.315. The first-order valence-electron chi connectivity index (χ1n) is 4.49. The van der Waals surface area contributed by atoms with E-state index in [0.29, 0.717) is 12.0 Å². The maximum Gasteiger partial charge on any atom is 0.0895 e. The van der Waals surface area contributed by atoms with E-state index >= 15 is 0 Å². The molecule has 1 fully saturated rings. The van der Waals surface area contributed by atoms with Crippen molar-refractivity contribution in [2.75, 3.05) is 13.1 Å². The van der Waals surface area contributed by atoms with Gasteiger partial charge in [-0.05, 0) is 17.5 Å². The monoisotopic (exact) mass is 198 g/mol. The van der Waals surface area contributed by atoms with Gasteiger partial charge in [0.25, 0.3) is 0 Å². The zero-order valence-electron chi connectivity index (χ0n) is 7.68. The number of aromatic nitrogens is 2. The summed E-state index contributed by atoms with van der Waals surface area (Å²) in [5.74, 6) is 0.603. The van der Waals surface area contributed by atoms with E-state index in [-0.39, 0.29) is 0 Å². The smallest absolute Gasteiger partial charge is 0.0895 e. The van der Waals surface area contributed by atoms with Crippen molar-refractivity contribution in [2.45, 2.75) is 19.5 Å². The van der Waals surface area contributed by atoms with E-state index in [2.05, 4.69) is 21.4 Å². The minimum Gasteiger partial charge on any atom is -0.326 e. The molecular weight excluding hydrogens is 184 g/mol. The lowest BCUT2D eigenvalue weighted by atomic mass is 10.1. The van der Waals surface area contributed by atoms with E-state index in [1.165, 1.54) is 11.5 Å². The van der Waals surface area contributed by atoms with Crippen molar-refractivity contribution < 1.29 is 0 Å². The highest BCUT2D eigenvalue weighted by Gasteiger charge is 2.26. The van der Waals surface area contributed by atoms with Gasteiger partial charge in [-0.2, -0.15) is 0 Å². The molecule has 1 aromatic heterocycles. The first-order chi connectivity index (χ1) is 6.25. The predicted octanol–water partition coefficient (Wildman–Crippen LogP) is 0.317. The molecule has 13 heavy (non-hydrogen) atoms. The van der Waals surface area contributed by atoms with E-state index in [9.17, 15) is 0 Å². The number of nitrogens with zero attached hydrogens (tertiary/aromatic N) is 3. The molecule has 0 saturated carbocycles. The maximum atomic E-state index is 5.92. The summed E-state index contributed by atoms with van der Waals surface area (Å²) in [5, 5.41) is 6.01. The minimum absolute atomic E-state index is 0.326. The van der Waals surface area contributed by atoms with Gasteiger partial charge in [-0.3, -0.25) is 4.90 Å². The molecule has 2 unspecified atom stereocenters. The van der Waals surface area contributed by atoms with Crippen LogP contribution in [0.15, 0.2) is 5.38 Å². The van der Waals surface area contributed by atoms with E-state index in [1.54, 1.807) is 0 Å². The second-order valence-corrected chi connectivity index (χ2v) is 4.34. The Morgan fingerprint density at radius 1 is 1.69 bits per heavy atom. The van der Waals surface area contributed by atoms with Gasteiger partial charge in [0.05, 0.1) is 5.69 Å². The van der Waals surface area contributed by atoms with E-state index < -0.39 is 0 Å². The highest BCUT2D eigenvalue weighted by Crippen LogP contribution is 2.16. The van der Waals surface area contributed by atoms with Crippen LogP contribution in [0.5, 0.6) is 0 Å². The van der Waals surface area contributed by atoms with Gasteiger partial charge in [-0.15, -0.1) is 5.10 Å². The molecule has 2 rings (SSSR count). The lowest BCUT2D eigenvalue weighted by Crippen LogP contribution is -2.28. The van der Waals surface area contributed by atoms with Gasteiger partial charge in [-0.1, -0.05) is 11.4 Å². The second-order valence-electron chi connectivity index (χ2n) is 3.73. The van der Waals surface area contributed by atoms with E-state index in [4.69, 9.17) is 5.73 Å². The zero-order valence-corrected chi connectivity index (χ0v) is 8.50. The average Bonchev–Trinajstić information content (AvgIpc) is 2.64. The summed E-state index contributed by atoms with van der Waals surface area (Å²) in [4.78, 5) is 2.34. The lowest BCUT2D eigenvalue weighted by Gasteiger charge is -2.12. The quantitative estimate of drug-likeness (QED) is 0.743. The Bertz CT molecular complexity index is 251. The maximum absolute atomic E-state index is 5.92. The Balaban J connectivity index is 1.91. The number of nitrogens with two attached hydrogens (primary N) is 1.